The van der Waals surface area contributed by atoms with Crippen molar-refractivity contribution >= 4 is 21.6 Å². The first-order chi connectivity index (χ1) is 7.33. The Morgan fingerprint density at radius 2 is 2.47 bits per heavy atom. The van der Waals surface area contributed by atoms with Gasteiger partial charge in [0.2, 0.25) is 0 Å². The number of thiazole rings is 1. The van der Waals surface area contributed by atoms with Gasteiger partial charge in [0, 0.05) is 0 Å². The molecule has 0 N–H and O–H groups in total. The van der Waals surface area contributed by atoms with Crippen LogP contribution >= 0.6 is 11.3 Å². The van der Waals surface area contributed by atoms with E-state index < -0.39 is 0 Å². The molecule has 1 unspecified atom stereocenters. The van der Waals surface area contributed by atoms with Crippen molar-refractivity contribution < 1.29 is 9.47 Å². The number of hydrogen-bond donors (Lipinski definition) is 0. The fraction of sp³-hybridized carbons (Fsp3) is 0.364. The third-order valence-electron chi connectivity index (χ3n) is 2.31. The molecule has 1 atom stereocenters. The lowest BCUT2D eigenvalue weighted by atomic mass is 10.3. The summed E-state index contributed by atoms with van der Waals surface area (Å²) in [5.41, 5.74) is 1.02. The highest BCUT2D eigenvalue weighted by Crippen LogP contribution is 2.31. The standard InChI is InChI=1S/C11H11NO2S/c1-7-12-9-3-2-4-10(11(9)15-7)14-6-8-5-13-8/h2-4,8H,5-6H2,1H3. The van der Waals surface area contributed by atoms with Crippen molar-refractivity contribution in [2.75, 3.05) is 13.2 Å². The van der Waals surface area contributed by atoms with Gasteiger partial charge < -0.3 is 9.47 Å². The largest absolute Gasteiger partial charge is 0.489 e. The number of aromatic nitrogens is 1. The number of fused-ring (bicyclic) bond motifs is 1. The van der Waals surface area contributed by atoms with E-state index in [0.29, 0.717) is 12.7 Å². The van der Waals surface area contributed by atoms with E-state index in [4.69, 9.17) is 9.47 Å². The maximum absolute atomic E-state index is 5.70. The van der Waals surface area contributed by atoms with Gasteiger partial charge in [0.1, 0.15) is 18.5 Å². The van der Waals surface area contributed by atoms with Crippen molar-refractivity contribution in [3.05, 3.63) is 23.2 Å². The summed E-state index contributed by atoms with van der Waals surface area (Å²) in [6.07, 6.45) is 0.300. The van der Waals surface area contributed by atoms with Gasteiger partial charge >= 0.3 is 0 Å². The average Bonchev–Trinajstić information content (AvgIpc) is 2.96. The number of epoxide rings is 1. The Morgan fingerprint density at radius 1 is 1.60 bits per heavy atom. The quantitative estimate of drug-likeness (QED) is 0.746. The van der Waals surface area contributed by atoms with E-state index in [0.717, 1.165) is 27.6 Å². The minimum absolute atomic E-state index is 0.300. The molecule has 2 aromatic rings. The normalized spacial score (nSPS) is 19.4. The molecule has 0 radical (unpaired) electrons. The Kier molecular flexibility index (Phi) is 2.11. The highest BCUT2D eigenvalue weighted by molar-refractivity contribution is 7.18. The molecule has 1 aliphatic heterocycles. The first kappa shape index (κ1) is 9.12. The molecule has 1 fully saturated rings. The Morgan fingerprint density at radius 3 is 3.27 bits per heavy atom. The van der Waals surface area contributed by atoms with Crippen molar-refractivity contribution in [3.63, 3.8) is 0 Å². The highest BCUT2D eigenvalue weighted by Gasteiger charge is 2.23. The smallest absolute Gasteiger partial charge is 0.138 e. The Balaban J connectivity index is 1.93. The van der Waals surface area contributed by atoms with Gasteiger partial charge in [-0.1, -0.05) is 6.07 Å². The minimum Gasteiger partial charge on any atom is -0.489 e. The van der Waals surface area contributed by atoms with Gasteiger partial charge in [-0.2, -0.15) is 0 Å². The van der Waals surface area contributed by atoms with Gasteiger partial charge in [0.25, 0.3) is 0 Å². The molecule has 78 valence electrons. The lowest BCUT2D eigenvalue weighted by Gasteiger charge is -2.03. The van der Waals surface area contributed by atoms with Crippen molar-refractivity contribution in [3.8, 4) is 5.75 Å². The average molecular weight is 221 g/mol. The maximum Gasteiger partial charge on any atom is 0.138 e. The summed E-state index contributed by atoms with van der Waals surface area (Å²) in [6, 6.07) is 5.98. The van der Waals surface area contributed by atoms with Crippen molar-refractivity contribution in [2.45, 2.75) is 13.0 Å². The third kappa shape index (κ3) is 1.82. The number of ether oxygens (including phenoxy) is 2. The van der Waals surface area contributed by atoms with Gasteiger partial charge in [0.15, 0.2) is 0 Å². The molecule has 15 heavy (non-hydrogen) atoms. The molecule has 1 aromatic heterocycles. The molecule has 0 bridgehead atoms. The highest BCUT2D eigenvalue weighted by atomic mass is 32.1. The van der Waals surface area contributed by atoms with Gasteiger partial charge in [-0.05, 0) is 19.1 Å². The molecule has 4 heteroatoms. The second-order valence-electron chi connectivity index (χ2n) is 3.60. The van der Waals surface area contributed by atoms with Crippen LogP contribution in [0.2, 0.25) is 0 Å². The van der Waals surface area contributed by atoms with E-state index in [1.807, 2.05) is 25.1 Å². The first-order valence-electron chi connectivity index (χ1n) is 4.93. The zero-order valence-electron chi connectivity index (χ0n) is 8.40. The van der Waals surface area contributed by atoms with E-state index in [9.17, 15) is 0 Å². The fourth-order valence-corrected chi connectivity index (χ4v) is 2.38. The summed E-state index contributed by atoms with van der Waals surface area (Å²) in [4.78, 5) is 4.42. The number of nitrogens with zero attached hydrogens (tertiary/aromatic N) is 1. The van der Waals surface area contributed by atoms with E-state index >= 15 is 0 Å². The number of hydrogen-bond acceptors (Lipinski definition) is 4. The SMILES string of the molecule is Cc1nc2cccc(OCC3CO3)c2s1. The molecule has 1 aromatic carbocycles. The molecule has 1 aliphatic rings. The van der Waals surface area contributed by atoms with E-state index in [2.05, 4.69) is 4.98 Å². The summed E-state index contributed by atoms with van der Waals surface area (Å²) < 4.78 is 11.9. The van der Waals surface area contributed by atoms with Gasteiger partial charge in [-0.25, -0.2) is 4.98 Å². The van der Waals surface area contributed by atoms with Crippen LogP contribution in [0.1, 0.15) is 5.01 Å². The van der Waals surface area contributed by atoms with Crippen LogP contribution < -0.4 is 4.74 Å². The molecule has 2 heterocycles. The van der Waals surface area contributed by atoms with Crippen LogP contribution in [0, 0.1) is 6.92 Å². The van der Waals surface area contributed by atoms with Crippen LogP contribution in [-0.2, 0) is 4.74 Å². The summed E-state index contributed by atoms with van der Waals surface area (Å²) >= 11 is 1.67. The Hall–Kier alpha value is -1.13. The van der Waals surface area contributed by atoms with Gasteiger partial charge in [0.05, 0.1) is 21.8 Å². The zero-order chi connectivity index (χ0) is 10.3. The first-order valence-corrected chi connectivity index (χ1v) is 5.75. The molecule has 0 aliphatic carbocycles. The van der Waals surface area contributed by atoms with E-state index in [-0.39, 0.29) is 0 Å². The summed E-state index contributed by atoms with van der Waals surface area (Å²) in [6.45, 7) is 3.49. The monoisotopic (exact) mass is 221 g/mol. The van der Waals surface area contributed by atoms with Crippen LogP contribution in [0.3, 0.4) is 0 Å². The number of rotatable bonds is 3. The van der Waals surface area contributed by atoms with Crippen LogP contribution in [0.4, 0.5) is 0 Å². The summed E-state index contributed by atoms with van der Waals surface area (Å²) in [5.74, 6) is 0.925. The molecule has 0 saturated carbocycles. The minimum atomic E-state index is 0.300. The second-order valence-corrected chi connectivity index (χ2v) is 4.81. The predicted molar refractivity (Wildman–Crippen MR) is 59.6 cm³/mol. The van der Waals surface area contributed by atoms with Crippen LogP contribution in [0.5, 0.6) is 5.75 Å². The molecule has 3 rings (SSSR count). The molecule has 0 amide bonds. The second kappa shape index (κ2) is 3.47. The van der Waals surface area contributed by atoms with Crippen LogP contribution in [0.25, 0.3) is 10.2 Å². The predicted octanol–water partition coefficient (Wildman–Crippen LogP) is 2.38. The molecule has 0 spiro atoms. The molecular formula is C11H11NO2S. The van der Waals surface area contributed by atoms with E-state index in [1.54, 1.807) is 11.3 Å². The number of benzene rings is 1. The molecule has 1 saturated heterocycles. The third-order valence-corrected chi connectivity index (χ3v) is 3.31. The van der Waals surface area contributed by atoms with Crippen molar-refractivity contribution in [1.29, 1.82) is 0 Å². The van der Waals surface area contributed by atoms with Gasteiger partial charge in [-0.15, -0.1) is 11.3 Å². The summed E-state index contributed by atoms with van der Waals surface area (Å²) in [7, 11) is 0. The van der Waals surface area contributed by atoms with E-state index in [1.165, 1.54) is 0 Å². The Labute approximate surface area is 91.7 Å². The van der Waals surface area contributed by atoms with Crippen molar-refractivity contribution in [1.82, 2.24) is 4.98 Å². The lowest BCUT2D eigenvalue weighted by molar-refractivity contribution is 0.265. The Bertz CT molecular complexity index is 490. The zero-order valence-corrected chi connectivity index (χ0v) is 9.21. The molecular weight excluding hydrogens is 210 g/mol. The summed E-state index contributed by atoms with van der Waals surface area (Å²) in [5, 5.41) is 1.07. The lowest BCUT2D eigenvalue weighted by Crippen LogP contribution is -2.03. The maximum atomic E-state index is 5.70. The topological polar surface area (TPSA) is 34.6 Å². The van der Waals surface area contributed by atoms with Gasteiger partial charge in [-0.3, -0.25) is 0 Å². The van der Waals surface area contributed by atoms with Crippen LogP contribution in [0.15, 0.2) is 18.2 Å². The molecule has 3 nitrogen and oxygen atoms in total. The fourth-order valence-electron chi connectivity index (χ4n) is 1.50. The van der Waals surface area contributed by atoms with Crippen molar-refractivity contribution in [2.24, 2.45) is 0 Å². The number of aryl methyl sites for hydroxylation is 1. The van der Waals surface area contributed by atoms with Crippen LogP contribution in [-0.4, -0.2) is 24.3 Å².